The van der Waals surface area contributed by atoms with Crippen molar-refractivity contribution in [1.82, 2.24) is 10.6 Å². The summed E-state index contributed by atoms with van der Waals surface area (Å²) >= 11 is 1.25. The summed E-state index contributed by atoms with van der Waals surface area (Å²) in [6, 6.07) is 12.3. The molecule has 0 aliphatic rings. The van der Waals surface area contributed by atoms with E-state index in [1.165, 1.54) is 11.8 Å². The summed E-state index contributed by atoms with van der Waals surface area (Å²) in [5.74, 6) is -2.42. The third-order valence-electron chi connectivity index (χ3n) is 4.57. The Morgan fingerprint density at radius 1 is 1.09 bits per heavy atom. The maximum atomic E-state index is 12.5. The van der Waals surface area contributed by atoms with Crippen LogP contribution in [0.5, 0.6) is 11.6 Å². The number of hydrogen-bond donors (Lipinski definition) is 5. The van der Waals surface area contributed by atoms with Crippen molar-refractivity contribution in [3.05, 3.63) is 48.5 Å². The van der Waals surface area contributed by atoms with Gasteiger partial charge in [-0.3, -0.25) is 19.2 Å². The molecule has 1 heterocycles. The number of nitrogens with zero attached hydrogens (tertiary/aromatic N) is 1. The number of aliphatic carboxylic acids is 2. The van der Waals surface area contributed by atoms with Gasteiger partial charge < -0.3 is 31.3 Å². The maximum Gasteiger partial charge on any atom is 0.373 e. The van der Waals surface area contributed by atoms with Crippen LogP contribution in [0.25, 0.3) is 0 Å². The van der Waals surface area contributed by atoms with E-state index in [9.17, 15) is 19.2 Å². The fraction of sp³-hybridized carbons (Fsp3) is 0.318. The van der Waals surface area contributed by atoms with Gasteiger partial charge in [-0.1, -0.05) is 30.0 Å². The average molecular weight is 492 g/mol. The van der Waals surface area contributed by atoms with Crippen LogP contribution in [-0.2, 0) is 26.2 Å². The Balaban J connectivity index is 2.07. The van der Waals surface area contributed by atoms with Crippen molar-refractivity contribution >= 4 is 35.5 Å². The summed E-state index contributed by atoms with van der Waals surface area (Å²) in [5, 5.41) is 23.2. The molecule has 0 aliphatic heterocycles. The maximum absolute atomic E-state index is 12.5. The second kappa shape index (κ2) is 13.2. The lowest BCUT2D eigenvalue weighted by Gasteiger charge is -2.17. The minimum atomic E-state index is -1.23. The molecule has 2 atom stereocenters. The largest absolute Gasteiger partial charge is 0.480 e. The van der Waals surface area contributed by atoms with Gasteiger partial charge in [-0.15, -0.1) is 0 Å². The van der Waals surface area contributed by atoms with Crippen LogP contribution in [0.15, 0.2) is 53.6 Å². The van der Waals surface area contributed by atoms with Crippen molar-refractivity contribution in [3.8, 4) is 11.6 Å². The number of nitrogens with two attached hydrogens (primary N) is 1. The Kier molecular flexibility index (Phi) is 10.3. The summed E-state index contributed by atoms with van der Waals surface area (Å²) in [7, 11) is 1.78. The Bertz CT molecular complexity index is 1020. The first kappa shape index (κ1) is 26.6. The van der Waals surface area contributed by atoms with E-state index in [0.29, 0.717) is 11.6 Å². The molecule has 0 bridgehead atoms. The lowest BCUT2D eigenvalue weighted by molar-refractivity contribution is -0.712. The summed E-state index contributed by atoms with van der Waals surface area (Å²) in [6.07, 6.45) is -0.305. The molecule has 0 saturated heterocycles. The molecule has 0 radical (unpaired) electrons. The number of ether oxygens (including phenoxy) is 1. The van der Waals surface area contributed by atoms with Crippen molar-refractivity contribution < 1.29 is 38.7 Å². The van der Waals surface area contributed by atoms with Crippen LogP contribution >= 0.6 is 11.8 Å². The van der Waals surface area contributed by atoms with Crippen LogP contribution in [0.2, 0.25) is 0 Å². The van der Waals surface area contributed by atoms with Crippen LogP contribution in [0.3, 0.4) is 0 Å². The predicted octanol–water partition coefficient (Wildman–Crippen LogP) is 0.273. The molecular formula is C22H27N4O7S+. The molecule has 1 aromatic heterocycles. The number of carboxylic acid groups (broad SMARTS) is 2. The monoisotopic (exact) mass is 491 g/mol. The highest BCUT2D eigenvalue weighted by Gasteiger charge is 2.25. The van der Waals surface area contributed by atoms with Crippen LogP contribution in [-0.4, -0.2) is 58.3 Å². The summed E-state index contributed by atoms with van der Waals surface area (Å²) in [4.78, 5) is 46.4. The third kappa shape index (κ3) is 8.71. The number of pyridine rings is 1. The molecule has 0 unspecified atom stereocenters. The molecule has 0 spiro atoms. The number of carboxylic acids is 2. The molecule has 182 valence electrons. The number of carbonyl (C=O) groups excluding carboxylic acids is 2. The highest BCUT2D eigenvalue weighted by Crippen LogP contribution is 2.21. The van der Waals surface area contributed by atoms with Gasteiger partial charge in [0.1, 0.15) is 31.4 Å². The average Bonchev–Trinajstić information content (AvgIpc) is 2.81. The summed E-state index contributed by atoms with van der Waals surface area (Å²) in [5.41, 5.74) is 5.41. The number of benzene rings is 1. The molecule has 34 heavy (non-hydrogen) atoms. The molecule has 2 rings (SSSR count). The zero-order chi connectivity index (χ0) is 25.1. The third-order valence-corrected chi connectivity index (χ3v) is 5.77. The van der Waals surface area contributed by atoms with E-state index in [1.54, 1.807) is 23.7 Å². The van der Waals surface area contributed by atoms with Crippen molar-refractivity contribution in [1.29, 1.82) is 0 Å². The Morgan fingerprint density at radius 3 is 2.44 bits per heavy atom. The first-order valence-corrected chi connectivity index (χ1v) is 11.3. The lowest BCUT2D eigenvalue weighted by atomic mass is 10.1. The first-order chi connectivity index (χ1) is 16.2. The van der Waals surface area contributed by atoms with Crippen LogP contribution in [0.4, 0.5) is 0 Å². The predicted molar refractivity (Wildman–Crippen MR) is 122 cm³/mol. The van der Waals surface area contributed by atoms with E-state index < -0.39 is 42.4 Å². The van der Waals surface area contributed by atoms with Crippen LogP contribution in [0.1, 0.15) is 12.8 Å². The molecule has 0 saturated carbocycles. The van der Waals surface area contributed by atoms with Gasteiger partial charge in [0, 0.05) is 18.2 Å². The molecule has 2 aromatic rings. The topological polar surface area (TPSA) is 172 Å². The second-order valence-corrected chi connectivity index (χ2v) is 8.24. The molecule has 1 aromatic carbocycles. The minimum Gasteiger partial charge on any atom is -0.480 e. The molecule has 6 N–H and O–H groups in total. The van der Waals surface area contributed by atoms with Crippen molar-refractivity contribution in [2.75, 3.05) is 12.3 Å². The van der Waals surface area contributed by atoms with Gasteiger partial charge in [-0.2, -0.15) is 4.57 Å². The Labute approximate surface area is 200 Å². The van der Waals surface area contributed by atoms with Crippen molar-refractivity contribution in [2.24, 2.45) is 12.8 Å². The second-order valence-electron chi connectivity index (χ2n) is 7.20. The first-order valence-electron chi connectivity index (χ1n) is 10.3. The minimum absolute atomic E-state index is 0.0881. The number of hydrogen-bond acceptors (Lipinski definition) is 7. The molecular weight excluding hydrogens is 464 g/mol. The number of carbonyl (C=O) groups is 4. The van der Waals surface area contributed by atoms with Gasteiger partial charge in [0.15, 0.2) is 0 Å². The zero-order valence-corrected chi connectivity index (χ0v) is 19.3. The standard InChI is InChI=1S/C22H26N4O7S/c1-26-18(33-14-6-3-2-4-7-14)8-5-9-19(26)34-13-16(21(30)24-12-20(28)29)25-17(27)11-10-15(23)22(31)32/h2-9,15-16H,10-13,23H2,1H3,(H3-,24,25,27,28,29,30,31,32)/p+1/t15-,16-/m0/s1. The summed E-state index contributed by atoms with van der Waals surface area (Å²) < 4.78 is 7.66. The van der Waals surface area contributed by atoms with Crippen LogP contribution < -0.4 is 25.7 Å². The Morgan fingerprint density at radius 2 is 1.79 bits per heavy atom. The van der Waals surface area contributed by atoms with E-state index in [1.807, 2.05) is 36.4 Å². The molecule has 11 nitrogen and oxygen atoms in total. The van der Waals surface area contributed by atoms with E-state index in [0.717, 1.165) is 5.03 Å². The number of para-hydroxylation sites is 1. The summed E-state index contributed by atoms with van der Waals surface area (Å²) in [6.45, 7) is -0.603. The van der Waals surface area contributed by atoms with Gasteiger partial charge in [0.25, 0.3) is 0 Å². The normalized spacial score (nSPS) is 12.3. The van der Waals surface area contributed by atoms with Gasteiger partial charge in [-0.05, 0) is 24.6 Å². The molecule has 2 amide bonds. The van der Waals surface area contributed by atoms with Gasteiger partial charge >= 0.3 is 17.8 Å². The van der Waals surface area contributed by atoms with E-state index in [-0.39, 0.29) is 18.6 Å². The van der Waals surface area contributed by atoms with E-state index in [2.05, 4.69) is 10.6 Å². The van der Waals surface area contributed by atoms with Crippen molar-refractivity contribution in [2.45, 2.75) is 30.0 Å². The molecule has 12 heteroatoms. The number of amides is 2. The van der Waals surface area contributed by atoms with E-state index in [4.69, 9.17) is 20.7 Å². The Hall–Kier alpha value is -3.64. The van der Waals surface area contributed by atoms with Gasteiger partial charge in [0.2, 0.25) is 16.8 Å². The van der Waals surface area contributed by atoms with Gasteiger partial charge in [-0.25, -0.2) is 0 Å². The highest BCUT2D eigenvalue weighted by atomic mass is 32.2. The highest BCUT2D eigenvalue weighted by molar-refractivity contribution is 7.99. The zero-order valence-electron chi connectivity index (χ0n) is 18.5. The lowest BCUT2D eigenvalue weighted by Crippen LogP contribution is -2.49. The SMILES string of the molecule is C[n+]1c(Oc2ccccc2)cccc1SC[C@H](NC(=O)CC[C@H](N)C(=O)O)C(=O)NCC(=O)O. The molecule has 0 aliphatic carbocycles. The number of rotatable bonds is 13. The van der Waals surface area contributed by atoms with E-state index >= 15 is 0 Å². The number of aromatic nitrogens is 1. The fourth-order valence-corrected chi connectivity index (χ4v) is 3.75. The van der Waals surface area contributed by atoms with Gasteiger partial charge in [0.05, 0.1) is 6.07 Å². The number of nitrogens with one attached hydrogen (secondary N) is 2. The number of thioether (sulfide) groups is 1. The smallest absolute Gasteiger partial charge is 0.373 e. The van der Waals surface area contributed by atoms with Crippen molar-refractivity contribution in [3.63, 3.8) is 0 Å². The fourth-order valence-electron chi connectivity index (χ4n) is 2.72. The van der Waals surface area contributed by atoms with Crippen LogP contribution in [0, 0.1) is 0 Å². The quantitative estimate of drug-likeness (QED) is 0.195. The molecule has 0 fully saturated rings.